The van der Waals surface area contributed by atoms with Crippen molar-refractivity contribution in [2.45, 2.75) is 36.6 Å². The number of rotatable bonds is 25. The van der Waals surface area contributed by atoms with Gasteiger partial charge in [-0.2, -0.15) is 16.8 Å². The fraction of sp³-hybridized carbons (Fsp3) is 0.139. The predicted octanol–water partition coefficient (Wildman–Crippen LogP) is 13.0. The lowest BCUT2D eigenvalue weighted by molar-refractivity contribution is -0.128. The van der Waals surface area contributed by atoms with E-state index in [1.807, 2.05) is 115 Å². The molecule has 0 bridgehead atoms. The number of hydrogen-bond acceptors (Lipinski definition) is 21. The second-order valence-corrected chi connectivity index (χ2v) is 26.5. The van der Waals surface area contributed by atoms with Crippen LogP contribution in [-0.2, 0) is 66.7 Å². The third-order valence-electron chi connectivity index (χ3n) is 16.1. The molecule has 516 valence electrons. The molecule has 0 aromatic heterocycles. The first-order chi connectivity index (χ1) is 49.1. The Hall–Kier alpha value is -12.0. The number of aldehydes is 1. The Bertz CT molecular complexity index is 5430. The Morgan fingerprint density at radius 1 is 0.333 bits per heavy atom. The minimum atomic E-state index is -4.32. The molecule has 0 unspecified atom stereocenters. The molecular formula is C79H63NO20S2. The van der Waals surface area contributed by atoms with Crippen molar-refractivity contribution in [1.82, 2.24) is 0 Å². The molecule has 12 rings (SSSR count). The Kier molecular flexibility index (Phi) is 22.6. The van der Waals surface area contributed by atoms with Crippen LogP contribution in [0.5, 0.6) is 0 Å². The summed E-state index contributed by atoms with van der Waals surface area (Å²) in [5.74, 6) is -5.33. The Morgan fingerprint density at radius 3 is 0.824 bits per heavy atom. The summed E-state index contributed by atoms with van der Waals surface area (Å²) in [6.07, 6.45) is -7.88. The van der Waals surface area contributed by atoms with Gasteiger partial charge in [0.05, 0.1) is 52.1 Å². The van der Waals surface area contributed by atoms with Crippen LogP contribution in [0.3, 0.4) is 0 Å². The fourth-order valence-corrected chi connectivity index (χ4v) is 12.4. The van der Waals surface area contributed by atoms with E-state index in [1.54, 1.807) is 115 Å². The van der Waals surface area contributed by atoms with Crippen molar-refractivity contribution >= 4 is 133 Å². The van der Waals surface area contributed by atoms with E-state index >= 15 is 0 Å². The van der Waals surface area contributed by atoms with Crippen LogP contribution in [0.4, 0.5) is 0 Å². The van der Waals surface area contributed by atoms with Gasteiger partial charge in [0.2, 0.25) is 0 Å². The molecule has 6 atom stereocenters. The standard InChI is InChI=1S/C40H33NO10S.C39H30O10S/c1-47-41-24-35(49-39(43)33-19-16-27-10-4-7-13-30(27)22-33)37(50-40(44)34-20-17-28-11-5-8-14-31(28)23-34)36(51-52(2,45)46)25-48-38(42)32-18-15-26-9-3-6-12-29(26)21-32;1-50(44,45)49-35(24-46-37(41)31-17-14-25-8-2-5-11-28(25)20-31)36(48-39(43)33-19-16-27-10-4-7-13-30(27)22-33)34(23-40)47-38(42)32-18-15-26-9-3-6-12-29(26)21-32/h3-24,35-37H,25H2,1-2H3;2-23,34-36H,24H2,1H3/b41-24+;/t35-,36-,37+;34-,35-,36+/m00/s1. The smallest absolute Gasteiger partial charge is 0.338 e. The first kappa shape index (κ1) is 71.3. The van der Waals surface area contributed by atoms with Gasteiger partial charge in [-0.1, -0.05) is 187 Å². The highest BCUT2D eigenvalue weighted by atomic mass is 32.2. The molecular weight excluding hydrogens is 1350 g/mol. The van der Waals surface area contributed by atoms with Crippen LogP contribution in [-0.4, -0.2) is 135 Å². The van der Waals surface area contributed by atoms with E-state index in [0.717, 1.165) is 78.0 Å². The molecule has 21 nitrogen and oxygen atoms in total. The van der Waals surface area contributed by atoms with Gasteiger partial charge in [-0.15, -0.1) is 0 Å². The number of nitrogens with zero attached hydrogens (tertiary/aromatic N) is 1. The maximum absolute atomic E-state index is 13.8. The van der Waals surface area contributed by atoms with Gasteiger partial charge in [0.1, 0.15) is 20.3 Å². The van der Waals surface area contributed by atoms with Crippen LogP contribution in [0.25, 0.3) is 64.6 Å². The van der Waals surface area contributed by atoms with Gasteiger partial charge in [0, 0.05) is 0 Å². The molecule has 0 saturated carbocycles. The van der Waals surface area contributed by atoms with E-state index in [9.17, 15) is 50.4 Å². The first-order valence-electron chi connectivity index (χ1n) is 31.6. The largest absolute Gasteiger partial charge is 0.459 e. The average molecular weight is 1410 g/mol. The zero-order chi connectivity index (χ0) is 71.9. The highest BCUT2D eigenvalue weighted by Gasteiger charge is 2.42. The highest BCUT2D eigenvalue weighted by Crippen LogP contribution is 2.27. The lowest BCUT2D eigenvalue weighted by atomic mass is 10.1. The molecule has 0 saturated heterocycles. The summed E-state index contributed by atoms with van der Waals surface area (Å²) in [7, 11) is -7.38. The number of carbonyl (C=O) groups excluding carboxylic acids is 7. The van der Waals surface area contributed by atoms with E-state index < -0.39 is 106 Å². The van der Waals surface area contributed by atoms with Gasteiger partial charge in [0.25, 0.3) is 20.2 Å². The monoisotopic (exact) mass is 1410 g/mol. The number of benzene rings is 12. The third-order valence-corrected chi connectivity index (χ3v) is 17.3. The number of carbonyl (C=O) groups is 7. The molecule has 0 radical (unpaired) electrons. The van der Waals surface area contributed by atoms with Crippen molar-refractivity contribution in [3.05, 3.63) is 288 Å². The number of fused-ring (bicyclic) bond motifs is 6. The predicted molar refractivity (Wildman–Crippen MR) is 382 cm³/mol. The SMILES string of the molecule is CO/N=C/[C@H](OC(=O)c1ccc2ccccc2c1)[C@@H](OC(=O)c1ccc2ccccc2c1)[C@H](COC(=O)c1ccc2ccccc2c1)OS(C)(=O)=O.CS(=O)(=O)O[C@@H](COC(=O)c1ccc2ccccc2c1)[C@H](OC(=O)c1ccc2ccccc2c1)[C@H](C=O)OC(=O)c1ccc2ccccc2c1. The van der Waals surface area contributed by atoms with Crippen molar-refractivity contribution in [2.75, 3.05) is 32.8 Å². The van der Waals surface area contributed by atoms with Crippen molar-refractivity contribution < 1.29 is 92.0 Å². The van der Waals surface area contributed by atoms with E-state index in [-0.39, 0.29) is 39.7 Å². The molecule has 12 aromatic carbocycles. The number of oxime groups is 1. The fourth-order valence-electron chi connectivity index (χ4n) is 11.1. The van der Waals surface area contributed by atoms with Gasteiger partial charge in [0.15, 0.2) is 42.9 Å². The van der Waals surface area contributed by atoms with Crippen molar-refractivity contribution in [3.63, 3.8) is 0 Å². The number of ether oxygens (including phenoxy) is 6. The maximum Gasteiger partial charge on any atom is 0.338 e. The zero-order valence-corrected chi connectivity index (χ0v) is 56.3. The number of hydrogen-bond donors (Lipinski definition) is 0. The van der Waals surface area contributed by atoms with Crippen LogP contribution in [0, 0.1) is 0 Å². The summed E-state index contributed by atoms with van der Waals surface area (Å²) in [4.78, 5) is 98.3. The molecule has 0 spiro atoms. The van der Waals surface area contributed by atoms with Gasteiger partial charge in [-0.25, -0.2) is 28.8 Å². The average Bonchev–Trinajstić information content (AvgIpc) is 0.825. The summed E-state index contributed by atoms with van der Waals surface area (Å²) in [5, 5.41) is 13.4. The molecule has 0 aliphatic rings. The van der Waals surface area contributed by atoms with Crippen LogP contribution in [0.1, 0.15) is 62.1 Å². The second kappa shape index (κ2) is 32.3. The third kappa shape index (κ3) is 18.4. The molecule has 0 aliphatic carbocycles. The van der Waals surface area contributed by atoms with Crippen LogP contribution in [0.15, 0.2) is 260 Å². The molecule has 0 heterocycles. The lowest BCUT2D eigenvalue weighted by Crippen LogP contribution is -2.48. The maximum atomic E-state index is 13.8. The summed E-state index contributed by atoms with van der Waals surface area (Å²) < 4.78 is 95.0. The van der Waals surface area contributed by atoms with E-state index in [4.69, 9.17) is 41.6 Å². The summed E-state index contributed by atoms with van der Waals surface area (Å²) >= 11 is 0. The Balaban J connectivity index is 0.000000205. The second-order valence-electron chi connectivity index (χ2n) is 23.3. The summed E-state index contributed by atoms with van der Waals surface area (Å²) in [6.45, 7) is -1.54. The zero-order valence-electron chi connectivity index (χ0n) is 54.7. The quantitative estimate of drug-likeness (QED) is 0.0128. The van der Waals surface area contributed by atoms with Crippen LogP contribution < -0.4 is 0 Å². The normalized spacial score (nSPS) is 13.4. The molecule has 0 N–H and O–H groups in total. The summed E-state index contributed by atoms with van der Waals surface area (Å²) in [6, 6.07) is 73.0. The van der Waals surface area contributed by atoms with E-state index in [1.165, 1.54) is 31.4 Å². The molecule has 0 aliphatic heterocycles. The van der Waals surface area contributed by atoms with Gasteiger partial charge >= 0.3 is 35.8 Å². The van der Waals surface area contributed by atoms with Gasteiger partial charge < -0.3 is 33.3 Å². The lowest BCUT2D eigenvalue weighted by Gasteiger charge is -2.30. The Labute approximate surface area is 584 Å². The van der Waals surface area contributed by atoms with Crippen molar-refractivity contribution in [1.29, 1.82) is 0 Å². The Morgan fingerprint density at radius 2 is 0.569 bits per heavy atom. The molecule has 0 amide bonds. The molecule has 12 aromatic rings. The number of esters is 6. The van der Waals surface area contributed by atoms with Gasteiger partial charge in [-0.05, 0) is 137 Å². The van der Waals surface area contributed by atoms with E-state index in [0.29, 0.717) is 5.39 Å². The first-order valence-corrected chi connectivity index (χ1v) is 35.2. The summed E-state index contributed by atoms with van der Waals surface area (Å²) in [5.41, 5.74) is 0.738. The van der Waals surface area contributed by atoms with Gasteiger partial charge in [-0.3, -0.25) is 13.2 Å². The molecule has 23 heteroatoms. The highest BCUT2D eigenvalue weighted by molar-refractivity contribution is 7.86. The van der Waals surface area contributed by atoms with Crippen molar-refractivity contribution in [2.24, 2.45) is 5.16 Å². The molecule has 0 fully saturated rings. The van der Waals surface area contributed by atoms with Crippen LogP contribution in [0.2, 0.25) is 0 Å². The molecule has 102 heavy (non-hydrogen) atoms. The topological polar surface area (TPSA) is 283 Å². The minimum Gasteiger partial charge on any atom is -0.459 e. The van der Waals surface area contributed by atoms with Crippen molar-refractivity contribution in [3.8, 4) is 0 Å². The van der Waals surface area contributed by atoms with E-state index in [2.05, 4.69) is 5.16 Å². The minimum absolute atomic E-state index is 0.0606. The van der Waals surface area contributed by atoms with Crippen LogP contribution >= 0.6 is 0 Å².